The second-order valence-electron chi connectivity index (χ2n) is 4.18. The van der Waals surface area contributed by atoms with Gasteiger partial charge < -0.3 is 9.84 Å². The molecule has 0 aromatic heterocycles. The molecule has 0 saturated carbocycles. The Labute approximate surface area is 124 Å². The Hall–Kier alpha value is -1.45. The lowest BCUT2D eigenvalue weighted by Crippen LogP contribution is -2.34. The van der Waals surface area contributed by atoms with Crippen molar-refractivity contribution in [3.05, 3.63) is 22.7 Å². The Morgan fingerprint density at radius 3 is 2.48 bits per heavy atom. The molecule has 0 unspecified atom stereocenters. The van der Waals surface area contributed by atoms with Gasteiger partial charge in [0.15, 0.2) is 0 Å². The van der Waals surface area contributed by atoms with Crippen LogP contribution in [0.2, 0.25) is 5.02 Å². The molecule has 0 aliphatic heterocycles. The Bertz CT molecular complexity index is 657. The summed E-state index contributed by atoms with van der Waals surface area (Å²) in [7, 11) is -3.20. The molecule has 0 fully saturated rings. The van der Waals surface area contributed by atoms with Crippen LogP contribution < -0.4 is 9.46 Å². The number of carboxylic acids is 1. The molecule has 0 radical (unpaired) electrons. The summed E-state index contributed by atoms with van der Waals surface area (Å²) in [5, 5.41) is 8.51. The van der Waals surface area contributed by atoms with Crippen molar-refractivity contribution >= 4 is 27.6 Å². The highest BCUT2D eigenvalue weighted by Crippen LogP contribution is 2.30. The lowest BCUT2D eigenvalue weighted by Gasteiger charge is -2.14. The molecule has 0 saturated heterocycles. The Morgan fingerprint density at radius 2 is 2.05 bits per heavy atom. The number of carbonyl (C=O) groups is 1. The third-order valence-electron chi connectivity index (χ3n) is 2.35. The average molecular weight is 344 g/mol. The summed E-state index contributed by atoms with van der Waals surface area (Å²) in [6.45, 7) is -0.570. The lowest BCUT2D eigenvalue weighted by molar-refractivity contribution is 0.0281. The Kier molecular flexibility index (Phi) is 5.13. The van der Waals surface area contributed by atoms with Crippen molar-refractivity contribution in [1.29, 1.82) is 0 Å². The van der Waals surface area contributed by atoms with Crippen LogP contribution in [0, 0.1) is 0 Å². The summed E-state index contributed by atoms with van der Waals surface area (Å²) in [5.41, 5.74) is -0.345. The normalized spacial score (nSPS) is 12.2. The van der Waals surface area contributed by atoms with Crippen molar-refractivity contribution in [2.75, 3.05) is 13.7 Å². The zero-order chi connectivity index (χ0) is 16.4. The first-order valence-corrected chi connectivity index (χ1v) is 7.32. The third-order valence-corrected chi connectivity index (χ3v) is 4.21. The van der Waals surface area contributed by atoms with E-state index in [1.807, 2.05) is 0 Å². The molecule has 6 nitrogen and oxygen atoms in total. The van der Waals surface area contributed by atoms with Gasteiger partial charge in [0.25, 0.3) is 5.92 Å². The number of methoxy groups -OCH3 is 1. The number of sulfonamides is 1. The largest absolute Gasteiger partial charge is 0.496 e. The van der Waals surface area contributed by atoms with E-state index in [1.165, 1.54) is 0 Å². The molecular formula is C11H12ClF2NO5S. The van der Waals surface area contributed by atoms with Gasteiger partial charge in [-0.1, -0.05) is 11.6 Å². The van der Waals surface area contributed by atoms with Gasteiger partial charge in [-0.2, -0.15) is 0 Å². The molecule has 2 N–H and O–H groups in total. The van der Waals surface area contributed by atoms with E-state index in [1.54, 1.807) is 4.72 Å². The second-order valence-corrected chi connectivity index (χ2v) is 6.33. The van der Waals surface area contributed by atoms with E-state index in [2.05, 4.69) is 0 Å². The minimum Gasteiger partial charge on any atom is -0.496 e. The van der Waals surface area contributed by atoms with E-state index in [-0.39, 0.29) is 11.3 Å². The predicted molar refractivity (Wildman–Crippen MR) is 70.8 cm³/mol. The first-order chi connectivity index (χ1) is 9.48. The minimum absolute atomic E-state index is 0.254. The maximum atomic E-state index is 12.7. The smallest absolute Gasteiger partial charge is 0.339 e. The fraction of sp³-hybridized carbons (Fsp3) is 0.364. The van der Waals surface area contributed by atoms with Crippen LogP contribution in [0.25, 0.3) is 0 Å². The number of halogens is 3. The molecule has 0 atom stereocenters. The van der Waals surface area contributed by atoms with Gasteiger partial charge in [-0.15, -0.1) is 0 Å². The third kappa shape index (κ3) is 4.51. The zero-order valence-electron chi connectivity index (χ0n) is 11.0. The minimum atomic E-state index is -4.33. The van der Waals surface area contributed by atoms with Crippen molar-refractivity contribution in [3.8, 4) is 5.75 Å². The summed E-state index contributed by atoms with van der Waals surface area (Å²) >= 11 is 5.71. The van der Waals surface area contributed by atoms with Gasteiger partial charge in [0, 0.05) is 13.0 Å². The lowest BCUT2D eigenvalue weighted by atomic mass is 10.2. The van der Waals surface area contributed by atoms with Crippen LogP contribution in [0.4, 0.5) is 8.78 Å². The van der Waals surface area contributed by atoms with Gasteiger partial charge in [-0.05, 0) is 6.07 Å². The average Bonchev–Trinajstić information content (AvgIpc) is 2.35. The summed E-state index contributed by atoms with van der Waals surface area (Å²) in [4.78, 5) is 10.4. The number of hydrogen-bond acceptors (Lipinski definition) is 4. The number of aromatic carboxylic acids is 1. The van der Waals surface area contributed by atoms with E-state index >= 15 is 0 Å². The molecule has 0 amide bonds. The predicted octanol–water partition coefficient (Wildman–Crippen LogP) is 1.98. The van der Waals surface area contributed by atoms with Crippen LogP contribution in [-0.2, 0) is 10.0 Å². The topological polar surface area (TPSA) is 92.7 Å². The van der Waals surface area contributed by atoms with Gasteiger partial charge in [0.2, 0.25) is 10.0 Å². The zero-order valence-corrected chi connectivity index (χ0v) is 12.6. The van der Waals surface area contributed by atoms with Crippen LogP contribution in [-0.4, -0.2) is 39.1 Å². The first kappa shape index (κ1) is 17.6. The van der Waals surface area contributed by atoms with Crippen molar-refractivity contribution in [2.45, 2.75) is 17.7 Å². The van der Waals surface area contributed by atoms with Crippen molar-refractivity contribution in [2.24, 2.45) is 0 Å². The van der Waals surface area contributed by atoms with Gasteiger partial charge >= 0.3 is 5.97 Å². The fourth-order valence-electron chi connectivity index (χ4n) is 1.38. The highest BCUT2D eigenvalue weighted by molar-refractivity contribution is 7.89. The summed E-state index contributed by atoms with van der Waals surface area (Å²) in [6.07, 6.45) is 0. The van der Waals surface area contributed by atoms with Crippen LogP contribution in [0.5, 0.6) is 5.75 Å². The Morgan fingerprint density at radius 1 is 1.48 bits per heavy atom. The number of nitrogens with one attached hydrogen (secondary N) is 1. The number of rotatable bonds is 6. The number of carboxylic acid groups (broad SMARTS) is 1. The maximum Gasteiger partial charge on any atom is 0.339 e. The molecule has 1 aromatic rings. The van der Waals surface area contributed by atoms with Gasteiger partial charge in [-0.25, -0.2) is 26.7 Å². The number of alkyl halides is 2. The monoisotopic (exact) mass is 343 g/mol. The van der Waals surface area contributed by atoms with Crippen LogP contribution >= 0.6 is 11.6 Å². The van der Waals surface area contributed by atoms with Gasteiger partial charge in [0.1, 0.15) is 16.2 Å². The molecule has 10 heteroatoms. The maximum absolute atomic E-state index is 12.7. The molecule has 0 spiro atoms. The van der Waals surface area contributed by atoms with Crippen LogP contribution in [0.15, 0.2) is 17.0 Å². The number of ether oxygens (including phenoxy) is 1. The van der Waals surface area contributed by atoms with Gasteiger partial charge in [0.05, 0.1) is 18.7 Å². The van der Waals surface area contributed by atoms with E-state index in [4.69, 9.17) is 21.4 Å². The Balaban J connectivity index is 3.27. The van der Waals surface area contributed by atoms with E-state index in [0.717, 1.165) is 19.2 Å². The molecule has 21 heavy (non-hydrogen) atoms. The molecule has 0 aliphatic carbocycles. The van der Waals surface area contributed by atoms with Crippen molar-refractivity contribution < 1.29 is 31.8 Å². The second kappa shape index (κ2) is 6.12. The molecule has 118 valence electrons. The first-order valence-electron chi connectivity index (χ1n) is 5.46. The molecular weight excluding hydrogens is 332 g/mol. The summed E-state index contributed by atoms with van der Waals surface area (Å²) in [5.74, 6) is -4.87. The number of benzene rings is 1. The van der Waals surface area contributed by atoms with Gasteiger partial charge in [-0.3, -0.25) is 0 Å². The summed E-state index contributed by atoms with van der Waals surface area (Å²) < 4.78 is 55.7. The highest BCUT2D eigenvalue weighted by atomic mass is 35.5. The standard InChI is InChI=1S/C11H12ClF2NO5S/c1-11(13,14)5-15-21(18,19)9-4-8(20-2)6(10(16)17)3-7(9)12/h3-4,15H,5H2,1-2H3,(H,16,17). The van der Waals surface area contributed by atoms with Crippen molar-refractivity contribution in [1.82, 2.24) is 4.72 Å². The molecule has 1 rings (SSSR count). The number of hydrogen-bond donors (Lipinski definition) is 2. The molecule has 1 aromatic carbocycles. The van der Waals surface area contributed by atoms with E-state index in [9.17, 15) is 22.0 Å². The molecule has 0 bridgehead atoms. The van der Waals surface area contributed by atoms with Crippen molar-refractivity contribution in [3.63, 3.8) is 0 Å². The molecule has 0 aliphatic rings. The van der Waals surface area contributed by atoms with Crippen LogP contribution in [0.1, 0.15) is 17.3 Å². The van der Waals surface area contributed by atoms with Crippen LogP contribution in [0.3, 0.4) is 0 Å². The highest BCUT2D eigenvalue weighted by Gasteiger charge is 2.28. The van der Waals surface area contributed by atoms with E-state index < -0.39 is 38.4 Å². The van der Waals surface area contributed by atoms with E-state index in [0.29, 0.717) is 6.92 Å². The molecule has 0 heterocycles. The quantitative estimate of drug-likeness (QED) is 0.824. The summed E-state index contributed by atoms with van der Waals surface area (Å²) in [6, 6.07) is 1.74. The fourth-order valence-corrected chi connectivity index (χ4v) is 3.02. The SMILES string of the molecule is COc1cc(S(=O)(=O)NCC(C)(F)F)c(Cl)cc1C(=O)O.